The first-order valence-corrected chi connectivity index (χ1v) is 3.50. The lowest BCUT2D eigenvalue weighted by Gasteiger charge is -2.09. The smallest absolute Gasteiger partial charge is 0.407 e. The van der Waals surface area contributed by atoms with Crippen molar-refractivity contribution in [3.05, 3.63) is 11.9 Å². The van der Waals surface area contributed by atoms with Crippen LogP contribution in [0.5, 0.6) is 5.75 Å². The van der Waals surface area contributed by atoms with E-state index < -0.39 is 6.09 Å². The number of carbonyl (C=O) groups is 1. The van der Waals surface area contributed by atoms with Gasteiger partial charge in [0.2, 0.25) is 0 Å². The SMILES string of the molecule is Cc1[nH]ncc1OC(=O)N(C)C. The van der Waals surface area contributed by atoms with Crippen molar-refractivity contribution >= 4 is 6.09 Å². The highest BCUT2D eigenvalue weighted by Gasteiger charge is 2.09. The number of aromatic amines is 1. The topological polar surface area (TPSA) is 58.2 Å². The van der Waals surface area contributed by atoms with Gasteiger partial charge in [-0.05, 0) is 6.92 Å². The number of rotatable bonds is 1. The Labute approximate surface area is 70.3 Å². The standard InChI is InChI=1S/C7H11N3O2/c1-5-6(4-8-9-5)12-7(11)10(2)3/h4H,1-3H3,(H,8,9). The maximum atomic E-state index is 11.0. The molecule has 0 spiro atoms. The summed E-state index contributed by atoms with van der Waals surface area (Å²) in [5.74, 6) is 0.466. The van der Waals surface area contributed by atoms with Crippen LogP contribution in [0.25, 0.3) is 0 Å². The van der Waals surface area contributed by atoms with Gasteiger partial charge >= 0.3 is 6.09 Å². The average molecular weight is 169 g/mol. The molecule has 0 aliphatic heterocycles. The fraction of sp³-hybridized carbons (Fsp3) is 0.429. The second-order valence-electron chi connectivity index (χ2n) is 2.62. The van der Waals surface area contributed by atoms with Crippen LogP contribution in [-0.2, 0) is 0 Å². The van der Waals surface area contributed by atoms with E-state index in [4.69, 9.17) is 4.74 Å². The van der Waals surface area contributed by atoms with E-state index in [-0.39, 0.29) is 0 Å². The second kappa shape index (κ2) is 3.25. The maximum Gasteiger partial charge on any atom is 0.414 e. The molecule has 0 radical (unpaired) electrons. The first kappa shape index (κ1) is 8.58. The fourth-order valence-corrected chi connectivity index (χ4v) is 0.628. The first-order valence-electron chi connectivity index (χ1n) is 3.50. The summed E-state index contributed by atoms with van der Waals surface area (Å²) >= 11 is 0. The van der Waals surface area contributed by atoms with Gasteiger partial charge in [-0.3, -0.25) is 5.10 Å². The molecule has 1 aromatic heterocycles. The Morgan fingerprint density at radius 1 is 1.67 bits per heavy atom. The zero-order chi connectivity index (χ0) is 9.14. The number of amides is 1. The van der Waals surface area contributed by atoms with E-state index in [1.54, 1.807) is 21.0 Å². The minimum absolute atomic E-state index is 0.403. The van der Waals surface area contributed by atoms with Crippen molar-refractivity contribution in [1.82, 2.24) is 15.1 Å². The Morgan fingerprint density at radius 3 is 2.75 bits per heavy atom. The van der Waals surface area contributed by atoms with Gasteiger partial charge in [0.05, 0.1) is 11.9 Å². The minimum Gasteiger partial charge on any atom is -0.407 e. The highest BCUT2D eigenvalue weighted by atomic mass is 16.6. The summed E-state index contributed by atoms with van der Waals surface area (Å²) in [6.45, 7) is 1.78. The Hall–Kier alpha value is -1.52. The Morgan fingerprint density at radius 2 is 2.33 bits per heavy atom. The Balaban J connectivity index is 2.64. The molecule has 0 atom stereocenters. The van der Waals surface area contributed by atoms with Crippen molar-refractivity contribution in [2.75, 3.05) is 14.1 Å². The third-order valence-corrected chi connectivity index (χ3v) is 1.35. The molecular weight excluding hydrogens is 158 g/mol. The van der Waals surface area contributed by atoms with Crippen molar-refractivity contribution < 1.29 is 9.53 Å². The summed E-state index contributed by atoms with van der Waals surface area (Å²) in [5.41, 5.74) is 0.741. The van der Waals surface area contributed by atoms with Crippen LogP contribution >= 0.6 is 0 Å². The van der Waals surface area contributed by atoms with Gasteiger partial charge in [0.15, 0.2) is 5.75 Å². The quantitative estimate of drug-likeness (QED) is 0.675. The van der Waals surface area contributed by atoms with Gasteiger partial charge in [-0.1, -0.05) is 0 Å². The number of hydrogen-bond donors (Lipinski definition) is 1. The average Bonchev–Trinajstić information content (AvgIpc) is 2.36. The van der Waals surface area contributed by atoms with Crippen LogP contribution in [-0.4, -0.2) is 35.3 Å². The molecule has 1 rings (SSSR count). The Bertz CT molecular complexity index is 280. The Kier molecular flexibility index (Phi) is 2.32. The first-order chi connectivity index (χ1) is 5.61. The van der Waals surface area contributed by atoms with E-state index in [0.29, 0.717) is 5.75 Å². The van der Waals surface area contributed by atoms with Gasteiger partial charge in [-0.25, -0.2) is 4.79 Å². The number of carbonyl (C=O) groups excluding carboxylic acids is 1. The van der Waals surface area contributed by atoms with Gasteiger partial charge in [0, 0.05) is 14.1 Å². The van der Waals surface area contributed by atoms with Gasteiger partial charge in [-0.2, -0.15) is 5.10 Å². The highest BCUT2D eigenvalue weighted by Crippen LogP contribution is 2.13. The zero-order valence-electron chi connectivity index (χ0n) is 7.29. The van der Waals surface area contributed by atoms with Crippen LogP contribution in [0.1, 0.15) is 5.69 Å². The second-order valence-corrected chi connectivity index (χ2v) is 2.62. The van der Waals surface area contributed by atoms with E-state index in [9.17, 15) is 4.79 Å². The van der Waals surface area contributed by atoms with E-state index >= 15 is 0 Å². The normalized spacial score (nSPS) is 9.58. The molecular formula is C7H11N3O2. The number of aromatic nitrogens is 2. The monoisotopic (exact) mass is 169 g/mol. The summed E-state index contributed by atoms with van der Waals surface area (Å²) in [6, 6.07) is 0. The fourth-order valence-electron chi connectivity index (χ4n) is 0.628. The predicted octanol–water partition coefficient (Wildman–Crippen LogP) is 0.779. The van der Waals surface area contributed by atoms with Crippen molar-refractivity contribution in [3.8, 4) is 5.75 Å². The lowest BCUT2D eigenvalue weighted by atomic mass is 10.4. The highest BCUT2D eigenvalue weighted by molar-refractivity contribution is 5.70. The minimum atomic E-state index is -0.403. The van der Waals surface area contributed by atoms with Gasteiger partial charge in [-0.15, -0.1) is 0 Å². The lowest BCUT2D eigenvalue weighted by molar-refractivity contribution is 0.171. The molecule has 1 amide bonds. The summed E-state index contributed by atoms with van der Waals surface area (Å²) in [7, 11) is 3.25. The molecule has 0 aliphatic carbocycles. The molecule has 0 bridgehead atoms. The number of nitrogens with zero attached hydrogens (tertiary/aromatic N) is 2. The van der Waals surface area contributed by atoms with Crippen molar-refractivity contribution in [2.45, 2.75) is 6.92 Å². The van der Waals surface area contributed by atoms with Crippen molar-refractivity contribution in [3.63, 3.8) is 0 Å². The molecule has 0 fully saturated rings. The largest absolute Gasteiger partial charge is 0.414 e. The van der Waals surface area contributed by atoms with Crippen LogP contribution in [0.3, 0.4) is 0 Å². The molecule has 0 saturated heterocycles. The third kappa shape index (κ3) is 1.75. The molecule has 0 unspecified atom stereocenters. The van der Waals surface area contributed by atoms with Crippen LogP contribution in [0, 0.1) is 6.92 Å². The van der Waals surface area contributed by atoms with Crippen LogP contribution in [0.2, 0.25) is 0 Å². The lowest BCUT2D eigenvalue weighted by Crippen LogP contribution is -2.25. The predicted molar refractivity (Wildman–Crippen MR) is 43.0 cm³/mol. The van der Waals surface area contributed by atoms with E-state index in [1.807, 2.05) is 0 Å². The van der Waals surface area contributed by atoms with E-state index in [0.717, 1.165) is 5.69 Å². The molecule has 0 aromatic carbocycles. The summed E-state index contributed by atoms with van der Waals surface area (Å²) in [4.78, 5) is 12.4. The van der Waals surface area contributed by atoms with E-state index in [2.05, 4.69) is 10.2 Å². The third-order valence-electron chi connectivity index (χ3n) is 1.35. The van der Waals surface area contributed by atoms with Crippen LogP contribution in [0.4, 0.5) is 4.79 Å². The zero-order valence-corrected chi connectivity index (χ0v) is 7.29. The summed E-state index contributed by atoms with van der Waals surface area (Å²) < 4.78 is 4.94. The number of hydrogen-bond acceptors (Lipinski definition) is 3. The summed E-state index contributed by atoms with van der Waals surface area (Å²) in [5, 5.41) is 6.38. The van der Waals surface area contributed by atoms with Gasteiger partial charge < -0.3 is 9.64 Å². The van der Waals surface area contributed by atoms with Crippen LogP contribution < -0.4 is 4.74 Å². The van der Waals surface area contributed by atoms with Gasteiger partial charge in [0.1, 0.15) is 0 Å². The molecule has 0 aliphatic rings. The van der Waals surface area contributed by atoms with Crippen molar-refractivity contribution in [2.24, 2.45) is 0 Å². The number of H-pyrrole nitrogens is 1. The molecule has 5 nitrogen and oxygen atoms in total. The van der Waals surface area contributed by atoms with E-state index in [1.165, 1.54) is 11.1 Å². The van der Waals surface area contributed by atoms with Crippen molar-refractivity contribution in [1.29, 1.82) is 0 Å². The molecule has 12 heavy (non-hydrogen) atoms. The molecule has 1 heterocycles. The number of ether oxygens (including phenoxy) is 1. The maximum absolute atomic E-state index is 11.0. The molecule has 1 N–H and O–H groups in total. The summed E-state index contributed by atoms with van der Waals surface area (Å²) in [6.07, 6.45) is 1.07. The molecule has 5 heteroatoms. The molecule has 0 saturated carbocycles. The van der Waals surface area contributed by atoms with Gasteiger partial charge in [0.25, 0.3) is 0 Å². The number of nitrogens with one attached hydrogen (secondary N) is 1. The number of aryl methyl sites for hydroxylation is 1. The molecule has 1 aromatic rings. The van der Waals surface area contributed by atoms with Crippen LogP contribution in [0.15, 0.2) is 6.20 Å². The molecule has 66 valence electrons.